The predicted molar refractivity (Wildman–Crippen MR) is 82.0 cm³/mol. The summed E-state index contributed by atoms with van der Waals surface area (Å²) in [4.78, 5) is 4.77. The summed E-state index contributed by atoms with van der Waals surface area (Å²) in [5, 5.41) is 0. The molecule has 0 aliphatic heterocycles. The highest BCUT2D eigenvalue weighted by molar-refractivity contribution is 7.98. The zero-order chi connectivity index (χ0) is 13.1. The highest BCUT2D eigenvalue weighted by Gasteiger charge is 2.15. The Balaban J connectivity index is 2.58. The molecule has 0 bridgehead atoms. The van der Waals surface area contributed by atoms with Gasteiger partial charge in [-0.3, -0.25) is 0 Å². The number of thioether (sulfide) groups is 1. The van der Waals surface area contributed by atoms with Crippen molar-refractivity contribution < 1.29 is 0 Å². The molecule has 1 aromatic carbocycles. The van der Waals surface area contributed by atoms with E-state index in [2.05, 4.69) is 42.9 Å². The summed E-state index contributed by atoms with van der Waals surface area (Å²) in [5.41, 5.74) is 3.58. The monoisotopic (exact) mass is 282 g/mol. The molecule has 0 aliphatic rings. The fourth-order valence-corrected chi connectivity index (χ4v) is 3.17. The SMILES string of the molecule is CSCC(C)n1c(CCCl)nc2c(C)cccc21. The maximum Gasteiger partial charge on any atom is 0.111 e. The van der Waals surface area contributed by atoms with Crippen LogP contribution in [0.1, 0.15) is 24.4 Å². The van der Waals surface area contributed by atoms with E-state index in [1.807, 2.05) is 11.8 Å². The van der Waals surface area contributed by atoms with Crippen LogP contribution in [0.3, 0.4) is 0 Å². The molecule has 18 heavy (non-hydrogen) atoms. The van der Waals surface area contributed by atoms with E-state index in [1.165, 1.54) is 11.1 Å². The summed E-state index contributed by atoms with van der Waals surface area (Å²) < 4.78 is 2.35. The van der Waals surface area contributed by atoms with E-state index in [0.717, 1.165) is 23.5 Å². The molecule has 0 saturated carbocycles. The van der Waals surface area contributed by atoms with Gasteiger partial charge in [-0.1, -0.05) is 12.1 Å². The van der Waals surface area contributed by atoms with Gasteiger partial charge in [0.2, 0.25) is 0 Å². The molecule has 2 nitrogen and oxygen atoms in total. The van der Waals surface area contributed by atoms with Crippen LogP contribution in [0.25, 0.3) is 11.0 Å². The third-order valence-corrected chi connectivity index (χ3v) is 4.17. The first-order chi connectivity index (χ1) is 8.69. The van der Waals surface area contributed by atoms with Crippen molar-refractivity contribution in [2.45, 2.75) is 26.3 Å². The number of halogens is 1. The molecule has 1 heterocycles. The molecule has 4 heteroatoms. The zero-order valence-corrected chi connectivity index (χ0v) is 12.7. The number of fused-ring (bicyclic) bond motifs is 1. The van der Waals surface area contributed by atoms with Crippen LogP contribution in [0.15, 0.2) is 18.2 Å². The number of alkyl halides is 1. The lowest BCUT2D eigenvalue weighted by Gasteiger charge is -2.16. The molecule has 0 spiro atoms. The second kappa shape index (κ2) is 5.98. The number of hydrogen-bond donors (Lipinski definition) is 0. The van der Waals surface area contributed by atoms with Gasteiger partial charge in [0, 0.05) is 24.1 Å². The predicted octanol–water partition coefficient (Wildman–Crippen LogP) is 4.05. The van der Waals surface area contributed by atoms with Gasteiger partial charge in [-0.15, -0.1) is 11.6 Å². The Hall–Kier alpha value is -0.670. The van der Waals surface area contributed by atoms with Crippen LogP contribution in [-0.4, -0.2) is 27.4 Å². The first-order valence-electron chi connectivity index (χ1n) is 6.20. The Morgan fingerprint density at radius 1 is 1.44 bits per heavy atom. The molecule has 98 valence electrons. The van der Waals surface area contributed by atoms with Crippen molar-refractivity contribution in [1.82, 2.24) is 9.55 Å². The van der Waals surface area contributed by atoms with Crippen molar-refractivity contribution >= 4 is 34.4 Å². The Labute approximate surface area is 118 Å². The first kappa shape index (κ1) is 13.8. The molecule has 0 fully saturated rings. The standard InChI is InChI=1S/C14H19ClN2S/c1-10-5-4-6-12-14(10)16-13(7-8-15)17(12)11(2)9-18-3/h4-6,11H,7-9H2,1-3H3. The van der Waals surface area contributed by atoms with Crippen molar-refractivity contribution in [3.63, 3.8) is 0 Å². The lowest BCUT2D eigenvalue weighted by atomic mass is 10.2. The number of hydrogen-bond acceptors (Lipinski definition) is 2. The van der Waals surface area contributed by atoms with Crippen molar-refractivity contribution in [3.05, 3.63) is 29.6 Å². The van der Waals surface area contributed by atoms with Gasteiger partial charge < -0.3 is 4.57 Å². The van der Waals surface area contributed by atoms with Crippen molar-refractivity contribution in [3.8, 4) is 0 Å². The fourth-order valence-electron chi connectivity index (χ4n) is 2.37. The van der Waals surface area contributed by atoms with Crippen LogP contribution < -0.4 is 0 Å². The highest BCUT2D eigenvalue weighted by atomic mass is 35.5. The minimum Gasteiger partial charge on any atom is -0.324 e. The summed E-state index contributed by atoms with van der Waals surface area (Å²) in [6, 6.07) is 6.82. The quantitative estimate of drug-likeness (QED) is 0.770. The maximum absolute atomic E-state index is 5.90. The number of nitrogens with zero attached hydrogens (tertiary/aromatic N) is 2. The molecule has 1 aromatic heterocycles. The van der Waals surface area contributed by atoms with Crippen LogP contribution in [0.2, 0.25) is 0 Å². The topological polar surface area (TPSA) is 17.8 Å². The molecule has 0 radical (unpaired) electrons. The van der Waals surface area contributed by atoms with E-state index in [4.69, 9.17) is 16.6 Å². The minimum atomic E-state index is 0.449. The van der Waals surface area contributed by atoms with Crippen molar-refractivity contribution in [2.75, 3.05) is 17.9 Å². The van der Waals surface area contributed by atoms with Gasteiger partial charge in [-0.25, -0.2) is 4.98 Å². The Bertz CT molecular complexity index is 536. The zero-order valence-electron chi connectivity index (χ0n) is 11.1. The van der Waals surface area contributed by atoms with E-state index in [9.17, 15) is 0 Å². The van der Waals surface area contributed by atoms with Crippen LogP contribution >= 0.6 is 23.4 Å². The van der Waals surface area contributed by atoms with Crippen LogP contribution in [0, 0.1) is 6.92 Å². The van der Waals surface area contributed by atoms with Gasteiger partial charge in [0.25, 0.3) is 0 Å². The number of aromatic nitrogens is 2. The average molecular weight is 283 g/mol. The summed E-state index contributed by atoms with van der Waals surface area (Å²) >= 11 is 7.76. The third-order valence-electron chi connectivity index (χ3n) is 3.16. The molecule has 0 saturated heterocycles. The summed E-state index contributed by atoms with van der Waals surface area (Å²) in [5.74, 6) is 2.82. The number of imidazole rings is 1. The molecule has 1 atom stereocenters. The summed E-state index contributed by atoms with van der Waals surface area (Å²) in [6.45, 7) is 4.36. The van der Waals surface area contributed by atoms with E-state index in [-0.39, 0.29) is 0 Å². The highest BCUT2D eigenvalue weighted by Crippen LogP contribution is 2.25. The van der Waals surface area contributed by atoms with Gasteiger partial charge >= 0.3 is 0 Å². The van der Waals surface area contributed by atoms with Gasteiger partial charge in [0.05, 0.1) is 11.0 Å². The van der Waals surface area contributed by atoms with E-state index in [1.54, 1.807) is 0 Å². The summed E-state index contributed by atoms with van der Waals surface area (Å²) in [6.07, 6.45) is 2.97. The number of rotatable bonds is 5. The molecular weight excluding hydrogens is 264 g/mol. The molecule has 2 rings (SSSR count). The second-order valence-electron chi connectivity index (χ2n) is 4.58. The number of benzene rings is 1. The molecule has 1 unspecified atom stereocenters. The van der Waals surface area contributed by atoms with Gasteiger partial charge in [0.1, 0.15) is 5.82 Å². The third kappa shape index (κ3) is 2.52. The lowest BCUT2D eigenvalue weighted by molar-refractivity contribution is 0.597. The Morgan fingerprint density at radius 2 is 2.22 bits per heavy atom. The minimum absolute atomic E-state index is 0.449. The van der Waals surface area contributed by atoms with E-state index < -0.39 is 0 Å². The van der Waals surface area contributed by atoms with Crippen molar-refractivity contribution in [1.29, 1.82) is 0 Å². The smallest absolute Gasteiger partial charge is 0.111 e. The largest absolute Gasteiger partial charge is 0.324 e. The maximum atomic E-state index is 5.90. The fraction of sp³-hybridized carbons (Fsp3) is 0.500. The molecule has 0 amide bonds. The van der Waals surface area contributed by atoms with E-state index in [0.29, 0.717) is 11.9 Å². The van der Waals surface area contributed by atoms with Gasteiger partial charge in [-0.2, -0.15) is 11.8 Å². The summed E-state index contributed by atoms with van der Waals surface area (Å²) in [7, 11) is 0. The van der Waals surface area contributed by atoms with Gasteiger partial charge in [0.15, 0.2) is 0 Å². The average Bonchev–Trinajstić information content (AvgIpc) is 2.70. The Kier molecular flexibility index (Phi) is 4.57. The van der Waals surface area contributed by atoms with Crippen molar-refractivity contribution in [2.24, 2.45) is 0 Å². The number of aryl methyl sites for hydroxylation is 2. The van der Waals surface area contributed by atoms with Crippen LogP contribution in [-0.2, 0) is 6.42 Å². The lowest BCUT2D eigenvalue weighted by Crippen LogP contribution is -2.12. The molecule has 0 N–H and O–H groups in total. The molecular formula is C14H19ClN2S. The van der Waals surface area contributed by atoms with Gasteiger partial charge in [-0.05, 0) is 31.7 Å². The second-order valence-corrected chi connectivity index (χ2v) is 5.87. The Morgan fingerprint density at radius 3 is 2.89 bits per heavy atom. The molecule has 0 aliphatic carbocycles. The van der Waals surface area contributed by atoms with Crippen LogP contribution in [0.5, 0.6) is 0 Å². The van der Waals surface area contributed by atoms with Crippen LogP contribution in [0.4, 0.5) is 0 Å². The normalized spacial score (nSPS) is 13.1. The molecule has 2 aromatic rings. The first-order valence-corrected chi connectivity index (χ1v) is 8.13. The number of para-hydroxylation sites is 1. The van der Waals surface area contributed by atoms with E-state index >= 15 is 0 Å².